The van der Waals surface area contributed by atoms with Crippen molar-refractivity contribution in [2.45, 2.75) is 33.7 Å². The highest BCUT2D eigenvalue weighted by atomic mass is 15.2. The van der Waals surface area contributed by atoms with E-state index in [-0.39, 0.29) is 0 Å². The summed E-state index contributed by atoms with van der Waals surface area (Å²) in [5, 5.41) is 6.52. The first-order valence-corrected chi connectivity index (χ1v) is 6.60. The third-order valence-electron chi connectivity index (χ3n) is 3.13. The fourth-order valence-electron chi connectivity index (χ4n) is 2.00. The lowest BCUT2D eigenvalue weighted by Gasteiger charge is -2.24. The van der Waals surface area contributed by atoms with E-state index in [1.807, 2.05) is 14.0 Å². The molecule has 0 bridgehead atoms. The summed E-state index contributed by atoms with van der Waals surface area (Å²) in [5.74, 6) is 1.79. The molecule has 0 aliphatic rings. The number of nitrogens with one attached hydrogen (secondary N) is 2. The summed E-state index contributed by atoms with van der Waals surface area (Å²) in [6, 6.07) is 0.364. The molecule has 0 amide bonds. The van der Waals surface area contributed by atoms with Gasteiger partial charge in [-0.05, 0) is 26.9 Å². The maximum Gasteiger partial charge on any atom is 0.134 e. The van der Waals surface area contributed by atoms with E-state index in [0.717, 1.165) is 36.8 Å². The monoisotopic (exact) mass is 251 g/mol. The number of rotatable bonds is 7. The normalized spacial score (nSPS) is 12.6. The Kier molecular flexibility index (Phi) is 5.85. The Morgan fingerprint density at radius 1 is 1.22 bits per heavy atom. The largest absolute Gasteiger partial charge is 0.373 e. The molecule has 0 saturated heterocycles. The van der Waals surface area contributed by atoms with Crippen LogP contribution in [0.1, 0.15) is 26.3 Å². The van der Waals surface area contributed by atoms with Gasteiger partial charge in [0.15, 0.2) is 0 Å². The Balaban J connectivity index is 2.67. The van der Waals surface area contributed by atoms with Crippen LogP contribution in [0.25, 0.3) is 0 Å². The van der Waals surface area contributed by atoms with Gasteiger partial charge in [0, 0.05) is 25.2 Å². The van der Waals surface area contributed by atoms with Crippen LogP contribution < -0.4 is 10.6 Å². The maximum atomic E-state index is 4.31. The van der Waals surface area contributed by atoms with Crippen molar-refractivity contribution in [1.29, 1.82) is 0 Å². The van der Waals surface area contributed by atoms with Crippen LogP contribution in [0, 0.1) is 6.92 Å². The predicted molar refractivity (Wildman–Crippen MR) is 77.2 cm³/mol. The Bertz CT molecular complexity index is 362. The van der Waals surface area contributed by atoms with Crippen LogP contribution in [-0.4, -0.2) is 47.6 Å². The van der Waals surface area contributed by atoms with Crippen LogP contribution in [0.15, 0.2) is 6.33 Å². The lowest BCUT2D eigenvalue weighted by atomic mass is 10.2. The summed E-state index contributed by atoms with van der Waals surface area (Å²) >= 11 is 0. The van der Waals surface area contributed by atoms with Gasteiger partial charge < -0.3 is 15.5 Å². The van der Waals surface area contributed by atoms with Crippen molar-refractivity contribution in [3.8, 4) is 0 Å². The van der Waals surface area contributed by atoms with Crippen molar-refractivity contribution in [1.82, 2.24) is 14.9 Å². The van der Waals surface area contributed by atoms with Gasteiger partial charge in [0.2, 0.25) is 0 Å². The zero-order valence-corrected chi connectivity index (χ0v) is 12.1. The fraction of sp³-hybridized carbons (Fsp3) is 0.692. The highest BCUT2D eigenvalue weighted by Crippen LogP contribution is 2.18. The second-order valence-electron chi connectivity index (χ2n) is 4.48. The third kappa shape index (κ3) is 3.84. The van der Waals surface area contributed by atoms with Crippen molar-refractivity contribution in [2.24, 2.45) is 0 Å². The molecular formula is C13H25N5. The van der Waals surface area contributed by atoms with Gasteiger partial charge in [0.05, 0.1) is 0 Å². The van der Waals surface area contributed by atoms with Gasteiger partial charge in [-0.3, -0.25) is 0 Å². The van der Waals surface area contributed by atoms with Crippen LogP contribution in [-0.2, 0) is 0 Å². The smallest absolute Gasteiger partial charge is 0.134 e. The molecule has 5 heteroatoms. The minimum Gasteiger partial charge on any atom is -0.373 e. The average molecular weight is 251 g/mol. The van der Waals surface area contributed by atoms with Crippen molar-refractivity contribution < 1.29 is 0 Å². The molecular weight excluding hydrogens is 226 g/mol. The molecule has 0 fully saturated rings. The van der Waals surface area contributed by atoms with Gasteiger partial charge in [0.25, 0.3) is 0 Å². The van der Waals surface area contributed by atoms with Gasteiger partial charge in [-0.25, -0.2) is 9.97 Å². The molecule has 0 aliphatic carbocycles. The van der Waals surface area contributed by atoms with E-state index in [2.05, 4.69) is 46.3 Å². The summed E-state index contributed by atoms with van der Waals surface area (Å²) in [4.78, 5) is 10.9. The van der Waals surface area contributed by atoms with E-state index in [1.165, 1.54) is 0 Å². The lowest BCUT2D eigenvalue weighted by molar-refractivity contribution is 0.294. The highest BCUT2D eigenvalue weighted by molar-refractivity contribution is 5.56. The molecule has 0 aliphatic heterocycles. The maximum absolute atomic E-state index is 4.31. The number of likely N-dealkylation sites (N-methyl/N-ethyl adjacent to an activating group) is 1. The average Bonchev–Trinajstić information content (AvgIpc) is 2.38. The van der Waals surface area contributed by atoms with Crippen molar-refractivity contribution in [3.05, 3.63) is 11.9 Å². The van der Waals surface area contributed by atoms with Crippen LogP contribution in [0.4, 0.5) is 11.6 Å². The van der Waals surface area contributed by atoms with E-state index in [0.29, 0.717) is 6.04 Å². The molecule has 102 valence electrons. The fourth-order valence-corrected chi connectivity index (χ4v) is 2.00. The zero-order valence-electron chi connectivity index (χ0n) is 12.1. The van der Waals surface area contributed by atoms with E-state index in [4.69, 9.17) is 0 Å². The first kappa shape index (κ1) is 14.7. The third-order valence-corrected chi connectivity index (χ3v) is 3.13. The molecule has 2 N–H and O–H groups in total. The van der Waals surface area contributed by atoms with Gasteiger partial charge in [-0.1, -0.05) is 13.8 Å². The second kappa shape index (κ2) is 7.16. The molecule has 0 radical (unpaired) electrons. The Labute approximate surface area is 110 Å². The first-order chi connectivity index (χ1) is 8.62. The number of aromatic nitrogens is 2. The minimum absolute atomic E-state index is 0.364. The summed E-state index contributed by atoms with van der Waals surface area (Å²) in [6.45, 7) is 11.7. The van der Waals surface area contributed by atoms with Gasteiger partial charge in [-0.15, -0.1) is 0 Å². The van der Waals surface area contributed by atoms with E-state index >= 15 is 0 Å². The van der Waals surface area contributed by atoms with Crippen LogP contribution >= 0.6 is 0 Å². The van der Waals surface area contributed by atoms with E-state index < -0.39 is 0 Å². The quantitative estimate of drug-likeness (QED) is 0.776. The molecule has 0 saturated carbocycles. The van der Waals surface area contributed by atoms with Crippen LogP contribution in [0.5, 0.6) is 0 Å². The molecule has 0 aromatic carbocycles. The summed E-state index contributed by atoms with van der Waals surface area (Å²) in [6.07, 6.45) is 1.59. The Hall–Kier alpha value is -1.36. The van der Waals surface area contributed by atoms with Crippen molar-refractivity contribution in [2.75, 3.05) is 37.3 Å². The summed E-state index contributed by atoms with van der Waals surface area (Å²) in [7, 11) is 1.87. The molecule has 0 spiro atoms. The van der Waals surface area contributed by atoms with Gasteiger partial charge in [0.1, 0.15) is 18.0 Å². The molecule has 1 unspecified atom stereocenters. The molecule has 1 atom stereocenters. The highest BCUT2D eigenvalue weighted by Gasteiger charge is 2.11. The molecule has 1 heterocycles. The van der Waals surface area contributed by atoms with Crippen LogP contribution in [0.3, 0.4) is 0 Å². The molecule has 1 aromatic heterocycles. The molecule has 1 aromatic rings. The zero-order chi connectivity index (χ0) is 13.5. The number of hydrogen-bond acceptors (Lipinski definition) is 5. The predicted octanol–water partition coefficient (Wildman–Crippen LogP) is 1.97. The van der Waals surface area contributed by atoms with E-state index in [9.17, 15) is 0 Å². The minimum atomic E-state index is 0.364. The topological polar surface area (TPSA) is 53.1 Å². The second-order valence-corrected chi connectivity index (χ2v) is 4.48. The molecule has 5 nitrogen and oxygen atoms in total. The number of hydrogen-bond donors (Lipinski definition) is 2. The standard InChI is InChI=1S/C13H25N5/c1-6-18(7-2)8-10(3)17-13-11(4)12(14-5)15-9-16-13/h9-10H,6-8H2,1-5H3,(H2,14,15,16,17). The molecule has 18 heavy (non-hydrogen) atoms. The van der Waals surface area contributed by atoms with Crippen molar-refractivity contribution in [3.63, 3.8) is 0 Å². The summed E-state index contributed by atoms with van der Waals surface area (Å²) in [5.41, 5.74) is 1.06. The number of nitrogens with zero attached hydrogens (tertiary/aromatic N) is 3. The van der Waals surface area contributed by atoms with Gasteiger partial charge in [-0.2, -0.15) is 0 Å². The summed E-state index contributed by atoms with van der Waals surface area (Å²) < 4.78 is 0. The lowest BCUT2D eigenvalue weighted by Crippen LogP contribution is -2.35. The molecule has 1 rings (SSSR count). The first-order valence-electron chi connectivity index (χ1n) is 6.60. The Morgan fingerprint density at radius 3 is 2.39 bits per heavy atom. The number of anilines is 2. The van der Waals surface area contributed by atoms with Crippen LogP contribution in [0.2, 0.25) is 0 Å². The van der Waals surface area contributed by atoms with Crippen molar-refractivity contribution >= 4 is 11.6 Å². The SMILES string of the molecule is CCN(CC)CC(C)Nc1ncnc(NC)c1C. The van der Waals surface area contributed by atoms with E-state index in [1.54, 1.807) is 6.33 Å². The van der Waals surface area contributed by atoms with Gasteiger partial charge >= 0.3 is 0 Å². The Morgan fingerprint density at radius 2 is 1.83 bits per heavy atom.